The van der Waals surface area contributed by atoms with Crippen molar-refractivity contribution < 1.29 is 17.9 Å². The smallest absolute Gasteiger partial charge is 0.418 e. The Bertz CT molecular complexity index is 842. The van der Waals surface area contributed by atoms with Crippen molar-refractivity contribution in [3.05, 3.63) is 53.3 Å². The first-order chi connectivity index (χ1) is 10.4. The van der Waals surface area contributed by atoms with Gasteiger partial charge in [0.15, 0.2) is 0 Å². The Kier molecular flexibility index (Phi) is 3.48. The third-order valence-electron chi connectivity index (χ3n) is 3.30. The lowest BCUT2D eigenvalue weighted by Crippen LogP contribution is -2.05. The maximum Gasteiger partial charge on any atom is 0.418 e. The number of imidazole rings is 1. The average Bonchev–Trinajstić information content (AvgIpc) is 2.89. The van der Waals surface area contributed by atoms with Gasteiger partial charge in [-0.15, -0.1) is 0 Å². The number of para-hydroxylation sites is 1. The van der Waals surface area contributed by atoms with E-state index in [1.54, 1.807) is 24.3 Å². The Labute approximate surface area is 128 Å². The third-order valence-corrected chi connectivity index (χ3v) is 3.60. The fourth-order valence-electron chi connectivity index (χ4n) is 2.27. The van der Waals surface area contributed by atoms with Crippen LogP contribution in [-0.2, 0) is 6.18 Å². The summed E-state index contributed by atoms with van der Waals surface area (Å²) in [6.07, 6.45) is -3.13. The second-order valence-electron chi connectivity index (χ2n) is 4.60. The van der Waals surface area contributed by atoms with E-state index in [9.17, 15) is 13.2 Å². The summed E-state index contributed by atoms with van der Waals surface area (Å²) < 4.78 is 45.6. The SMILES string of the molecule is COc1ccc(-n2cnc3c(C(F)(F)F)cccc32)c(Cl)c1. The van der Waals surface area contributed by atoms with Crippen molar-refractivity contribution in [1.29, 1.82) is 0 Å². The predicted octanol–water partition coefficient (Wildman–Crippen LogP) is 4.71. The van der Waals surface area contributed by atoms with Gasteiger partial charge in [0, 0.05) is 6.07 Å². The number of alkyl halides is 3. The van der Waals surface area contributed by atoms with Crippen molar-refractivity contribution in [2.45, 2.75) is 6.18 Å². The molecule has 0 aliphatic rings. The van der Waals surface area contributed by atoms with Gasteiger partial charge >= 0.3 is 6.18 Å². The summed E-state index contributed by atoms with van der Waals surface area (Å²) in [6.45, 7) is 0. The highest BCUT2D eigenvalue weighted by Gasteiger charge is 2.33. The number of aromatic nitrogens is 2. The zero-order valence-electron chi connectivity index (χ0n) is 11.4. The molecule has 0 amide bonds. The fraction of sp³-hybridized carbons (Fsp3) is 0.133. The molecule has 3 rings (SSSR count). The van der Waals surface area contributed by atoms with Crippen LogP contribution >= 0.6 is 11.6 Å². The lowest BCUT2D eigenvalue weighted by molar-refractivity contribution is -0.136. The number of fused-ring (bicyclic) bond motifs is 1. The number of rotatable bonds is 2. The van der Waals surface area contributed by atoms with Gasteiger partial charge in [0.25, 0.3) is 0 Å². The first-order valence-corrected chi connectivity index (χ1v) is 6.67. The summed E-state index contributed by atoms with van der Waals surface area (Å²) in [6, 6.07) is 8.87. The van der Waals surface area contributed by atoms with Crippen LogP contribution in [0.2, 0.25) is 5.02 Å². The van der Waals surface area contributed by atoms with Gasteiger partial charge < -0.3 is 4.74 Å². The molecule has 0 saturated heterocycles. The minimum atomic E-state index is -4.46. The van der Waals surface area contributed by atoms with E-state index in [4.69, 9.17) is 16.3 Å². The Morgan fingerprint density at radius 1 is 1.18 bits per heavy atom. The molecule has 0 saturated carbocycles. The molecule has 1 heterocycles. The van der Waals surface area contributed by atoms with Crippen molar-refractivity contribution in [1.82, 2.24) is 9.55 Å². The van der Waals surface area contributed by atoms with Crippen molar-refractivity contribution in [3.8, 4) is 11.4 Å². The molecule has 1 aromatic heterocycles. The number of hydrogen-bond donors (Lipinski definition) is 0. The Hall–Kier alpha value is -2.21. The first kappa shape index (κ1) is 14.7. The molecule has 0 atom stereocenters. The topological polar surface area (TPSA) is 27.1 Å². The molecule has 0 spiro atoms. The molecule has 0 radical (unpaired) electrons. The van der Waals surface area contributed by atoms with Crippen LogP contribution in [0.5, 0.6) is 5.75 Å². The summed E-state index contributed by atoms with van der Waals surface area (Å²) in [5.41, 5.74) is -0.0125. The number of nitrogens with zero attached hydrogens (tertiary/aromatic N) is 2. The summed E-state index contributed by atoms with van der Waals surface area (Å²) in [5.74, 6) is 0.564. The molecule has 3 nitrogen and oxygen atoms in total. The highest BCUT2D eigenvalue weighted by Crippen LogP contribution is 2.35. The highest BCUT2D eigenvalue weighted by atomic mass is 35.5. The van der Waals surface area contributed by atoms with Crippen LogP contribution in [0, 0.1) is 0 Å². The van der Waals surface area contributed by atoms with Crippen LogP contribution < -0.4 is 4.74 Å². The van der Waals surface area contributed by atoms with E-state index in [1.165, 1.54) is 24.1 Å². The lowest BCUT2D eigenvalue weighted by Gasteiger charge is -2.10. The second kappa shape index (κ2) is 5.21. The normalized spacial score (nSPS) is 11.9. The standard InChI is InChI=1S/C15H10ClF3N2O/c1-22-9-5-6-12(11(16)7-9)21-8-20-14-10(15(17,18)19)3-2-4-13(14)21/h2-8H,1H3. The molecule has 0 unspecified atom stereocenters. The molecule has 114 valence electrons. The van der Waals surface area contributed by atoms with E-state index in [2.05, 4.69) is 4.98 Å². The van der Waals surface area contributed by atoms with Crippen LogP contribution in [0.25, 0.3) is 16.7 Å². The van der Waals surface area contributed by atoms with Crippen LogP contribution in [-0.4, -0.2) is 16.7 Å². The van der Waals surface area contributed by atoms with Crippen molar-refractivity contribution in [3.63, 3.8) is 0 Å². The second-order valence-corrected chi connectivity index (χ2v) is 5.01. The summed E-state index contributed by atoms with van der Waals surface area (Å²) >= 11 is 6.18. The number of hydrogen-bond acceptors (Lipinski definition) is 2. The van der Waals surface area contributed by atoms with Crippen LogP contribution in [0.3, 0.4) is 0 Å². The van der Waals surface area contributed by atoms with Gasteiger partial charge in [-0.1, -0.05) is 17.7 Å². The number of methoxy groups -OCH3 is 1. The lowest BCUT2D eigenvalue weighted by atomic mass is 10.1. The number of benzene rings is 2. The van der Waals surface area contributed by atoms with Crippen molar-refractivity contribution in [2.24, 2.45) is 0 Å². The highest BCUT2D eigenvalue weighted by molar-refractivity contribution is 6.32. The number of ether oxygens (including phenoxy) is 1. The molecule has 0 aliphatic carbocycles. The van der Waals surface area contributed by atoms with E-state index in [0.717, 1.165) is 6.07 Å². The first-order valence-electron chi connectivity index (χ1n) is 6.29. The van der Waals surface area contributed by atoms with Gasteiger partial charge in [0.1, 0.15) is 17.6 Å². The predicted molar refractivity (Wildman–Crippen MR) is 77.6 cm³/mol. The molecule has 0 N–H and O–H groups in total. The summed E-state index contributed by atoms with van der Waals surface area (Å²) in [7, 11) is 1.51. The maximum absolute atomic E-state index is 13.0. The molecule has 22 heavy (non-hydrogen) atoms. The quantitative estimate of drug-likeness (QED) is 0.682. The van der Waals surface area contributed by atoms with E-state index in [0.29, 0.717) is 22.0 Å². The van der Waals surface area contributed by atoms with Crippen LogP contribution in [0.1, 0.15) is 5.56 Å². The van der Waals surface area contributed by atoms with Gasteiger partial charge in [0.05, 0.1) is 28.9 Å². The van der Waals surface area contributed by atoms with Gasteiger partial charge in [-0.2, -0.15) is 13.2 Å². The summed E-state index contributed by atoms with van der Waals surface area (Å²) in [4.78, 5) is 3.90. The Morgan fingerprint density at radius 3 is 2.59 bits per heavy atom. The van der Waals surface area contributed by atoms with Gasteiger partial charge in [0.2, 0.25) is 0 Å². The molecule has 0 bridgehead atoms. The van der Waals surface area contributed by atoms with Gasteiger partial charge in [-0.3, -0.25) is 4.57 Å². The molecule has 0 fully saturated rings. The van der Waals surface area contributed by atoms with Crippen molar-refractivity contribution >= 4 is 22.6 Å². The van der Waals surface area contributed by atoms with Gasteiger partial charge in [-0.25, -0.2) is 4.98 Å². The van der Waals surface area contributed by atoms with E-state index >= 15 is 0 Å². The Morgan fingerprint density at radius 2 is 1.95 bits per heavy atom. The fourth-order valence-corrected chi connectivity index (χ4v) is 2.53. The maximum atomic E-state index is 13.0. The van der Waals surface area contributed by atoms with Gasteiger partial charge in [-0.05, 0) is 24.3 Å². The minimum absolute atomic E-state index is 0.109. The van der Waals surface area contributed by atoms with Crippen LogP contribution in [0.4, 0.5) is 13.2 Å². The molecule has 3 aromatic rings. The zero-order chi connectivity index (χ0) is 15.9. The zero-order valence-corrected chi connectivity index (χ0v) is 12.1. The third kappa shape index (κ3) is 2.39. The molecule has 0 aliphatic heterocycles. The van der Waals surface area contributed by atoms with Crippen molar-refractivity contribution in [2.75, 3.05) is 7.11 Å². The monoisotopic (exact) mass is 326 g/mol. The summed E-state index contributed by atoms with van der Waals surface area (Å²) in [5, 5.41) is 0.357. The Balaban J connectivity index is 2.21. The van der Waals surface area contributed by atoms with E-state index in [1.807, 2.05) is 0 Å². The molecule has 2 aromatic carbocycles. The number of halogens is 4. The molecule has 7 heteroatoms. The van der Waals surface area contributed by atoms with E-state index < -0.39 is 11.7 Å². The largest absolute Gasteiger partial charge is 0.497 e. The van der Waals surface area contributed by atoms with E-state index in [-0.39, 0.29) is 5.52 Å². The molecular weight excluding hydrogens is 317 g/mol. The molecular formula is C15H10ClF3N2O. The average molecular weight is 327 g/mol. The minimum Gasteiger partial charge on any atom is -0.497 e. The van der Waals surface area contributed by atoms with Crippen LogP contribution in [0.15, 0.2) is 42.7 Å².